The van der Waals surface area contributed by atoms with Crippen molar-refractivity contribution >= 4 is 0 Å². The summed E-state index contributed by atoms with van der Waals surface area (Å²) in [5.41, 5.74) is 6.73. The lowest BCUT2D eigenvalue weighted by Crippen LogP contribution is -2.03. The summed E-state index contributed by atoms with van der Waals surface area (Å²) < 4.78 is 0. The number of rotatable bonds is 4. The molecule has 0 saturated heterocycles. The van der Waals surface area contributed by atoms with Gasteiger partial charge in [0.05, 0.1) is 0 Å². The Kier molecular flexibility index (Phi) is 6.13. The molecule has 1 unspecified atom stereocenters. The standard InChI is InChI=1S/C25H28/c1-3-5-21-6-8-22(9-7-21)10-11-23-14-18-25(19-15-23)24-16-12-20(4-2)13-17-24/h6-9,12-14,16-17,25H,3-5,15,18-19H2,1-2H3. The molecule has 1 atom stereocenters. The van der Waals surface area contributed by atoms with Crippen LogP contribution in [0.15, 0.2) is 60.2 Å². The van der Waals surface area contributed by atoms with E-state index in [2.05, 4.69) is 80.3 Å². The van der Waals surface area contributed by atoms with Crippen LogP contribution in [-0.4, -0.2) is 0 Å². The molecule has 0 N–H and O–H groups in total. The maximum atomic E-state index is 3.39. The first kappa shape index (κ1) is 17.6. The monoisotopic (exact) mass is 328 g/mol. The van der Waals surface area contributed by atoms with Gasteiger partial charge >= 0.3 is 0 Å². The van der Waals surface area contributed by atoms with Gasteiger partial charge in [-0.3, -0.25) is 0 Å². The average molecular weight is 328 g/mol. The van der Waals surface area contributed by atoms with Crippen LogP contribution in [-0.2, 0) is 12.8 Å². The van der Waals surface area contributed by atoms with Crippen LogP contribution in [0.5, 0.6) is 0 Å². The van der Waals surface area contributed by atoms with Gasteiger partial charge in [0.2, 0.25) is 0 Å². The van der Waals surface area contributed by atoms with E-state index in [9.17, 15) is 0 Å². The van der Waals surface area contributed by atoms with E-state index in [1.165, 1.54) is 35.1 Å². The molecule has 0 aromatic heterocycles. The Hall–Kier alpha value is -2.26. The minimum absolute atomic E-state index is 0.657. The molecule has 0 heteroatoms. The van der Waals surface area contributed by atoms with E-state index < -0.39 is 0 Å². The maximum absolute atomic E-state index is 3.39. The highest BCUT2D eigenvalue weighted by Crippen LogP contribution is 2.32. The zero-order chi connectivity index (χ0) is 17.5. The molecule has 0 spiro atoms. The van der Waals surface area contributed by atoms with Crippen molar-refractivity contribution in [2.45, 2.75) is 58.3 Å². The van der Waals surface area contributed by atoms with Gasteiger partial charge in [-0.15, -0.1) is 0 Å². The van der Waals surface area contributed by atoms with Gasteiger partial charge in [0.15, 0.2) is 0 Å². The molecule has 0 aliphatic heterocycles. The molecule has 0 saturated carbocycles. The molecular formula is C25H28. The molecular weight excluding hydrogens is 300 g/mol. The Labute approximate surface area is 153 Å². The summed E-state index contributed by atoms with van der Waals surface area (Å²) in [7, 11) is 0. The minimum Gasteiger partial charge on any atom is -0.0723 e. The second kappa shape index (κ2) is 8.72. The third-order valence-corrected chi connectivity index (χ3v) is 5.13. The van der Waals surface area contributed by atoms with Crippen LogP contribution < -0.4 is 0 Å². The Morgan fingerprint density at radius 2 is 1.60 bits per heavy atom. The summed E-state index contributed by atoms with van der Waals surface area (Å²) in [5.74, 6) is 7.38. The first-order valence-corrected chi connectivity index (χ1v) is 9.67. The topological polar surface area (TPSA) is 0 Å². The first-order valence-electron chi connectivity index (χ1n) is 9.67. The van der Waals surface area contributed by atoms with E-state index in [1.54, 1.807) is 0 Å². The van der Waals surface area contributed by atoms with Gasteiger partial charge in [-0.05, 0) is 72.4 Å². The Bertz CT molecular complexity index is 764. The van der Waals surface area contributed by atoms with Crippen LogP contribution in [0, 0.1) is 11.8 Å². The third kappa shape index (κ3) is 4.86. The predicted octanol–water partition coefficient (Wildman–Crippen LogP) is 6.45. The molecule has 1 aliphatic rings. The molecule has 3 rings (SSSR count). The molecule has 25 heavy (non-hydrogen) atoms. The van der Waals surface area contributed by atoms with Gasteiger partial charge in [-0.25, -0.2) is 0 Å². The quantitative estimate of drug-likeness (QED) is 0.566. The van der Waals surface area contributed by atoms with E-state index in [0.717, 1.165) is 31.2 Å². The van der Waals surface area contributed by atoms with Crippen molar-refractivity contribution < 1.29 is 0 Å². The molecule has 2 aromatic carbocycles. The molecule has 0 nitrogen and oxygen atoms in total. The van der Waals surface area contributed by atoms with Crippen molar-refractivity contribution in [3.63, 3.8) is 0 Å². The van der Waals surface area contributed by atoms with Crippen molar-refractivity contribution in [2.24, 2.45) is 0 Å². The number of hydrogen-bond donors (Lipinski definition) is 0. The van der Waals surface area contributed by atoms with Crippen LogP contribution >= 0.6 is 0 Å². The van der Waals surface area contributed by atoms with E-state index in [4.69, 9.17) is 0 Å². The Morgan fingerprint density at radius 1 is 0.880 bits per heavy atom. The predicted molar refractivity (Wildman–Crippen MR) is 108 cm³/mol. The average Bonchev–Trinajstić information content (AvgIpc) is 2.68. The van der Waals surface area contributed by atoms with Gasteiger partial charge in [0, 0.05) is 5.56 Å². The summed E-state index contributed by atoms with van der Waals surface area (Å²) in [6.07, 6.45) is 9.23. The molecule has 0 heterocycles. The van der Waals surface area contributed by atoms with Crippen molar-refractivity contribution in [2.75, 3.05) is 0 Å². The maximum Gasteiger partial charge on any atom is 0.0249 e. The Morgan fingerprint density at radius 3 is 2.20 bits per heavy atom. The van der Waals surface area contributed by atoms with Crippen molar-refractivity contribution in [1.82, 2.24) is 0 Å². The molecule has 0 bridgehead atoms. The summed E-state index contributed by atoms with van der Waals surface area (Å²) in [4.78, 5) is 0. The number of hydrogen-bond acceptors (Lipinski definition) is 0. The highest BCUT2D eigenvalue weighted by Gasteiger charge is 2.15. The smallest absolute Gasteiger partial charge is 0.0249 e. The lowest BCUT2D eigenvalue weighted by Gasteiger charge is -2.20. The largest absolute Gasteiger partial charge is 0.0723 e. The highest BCUT2D eigenvalue weighted by atomic mass is 14.2. The van der Waals surface area contributed by atoms with Crippen LogP contribution in [0.3, 0.4) is 0 Å². The summed E-state index contributed by atoms with van der Waals surface area (Å²) in [6.45, 7) is 4.43. The number of aryl methyl sites for hydroxylation is 2. The van der Waals surface area contributed by atoms with Gasteiger partial charge in [-0.2, -0.15) is 0 Å². The molecule has 0 radical (unpaired) electrons. The van der Waals surface area contributed by atoms with Crippen molar-refractivity contribution in [3.8, 4) is 11.8 Å². The van der Waals surface area contributed by atoms with E-state index in [-0.39, 0.29) is 0 Å². The molecule has 1 aliphatic carbocycles. The SMILES string of the molecule is CCCc1ccc(C#CC2=CCC(c3ccc(CC)cc3)CC2)cc1. The normalized spacial score (nSPS) is 16.7. The fraction of sp³-hybridized carbons (Fsp3) is 0.360. The van der Waals surface area contributed by atoms with Gasteiger partial charge in [-0.1, -0.05) is 74.6 Å². The zero-order valence-electron chi connectivity index (χ0n) is 15.5. The van der Waals surface area contributed by atoms with Crippen molar-refractivity contribution in [3.05, 3.63) is 82.4 Å². The van der Waals surface area contributed by atoms with E-state index in [1.807, 2.05) is 0 Å². The second-order valence-electron chi connectivity index (χ2n) is 6.99. The molecule has 128 valence electrons. The van der Waals surface area contributed by atoms with Gasteiger partial charge in [0.1, 0.15) is 0 Å². The third-order valence-electron chi connectivity index (χ3n) is 5.13. The van der Waals surface area contributed by atoms with Crippen LogP contribution in [0.25, 0.3) is 0 Å². The second-order valence-corrected chi connectivity index (χ2v) is 6.99. The van der Waals surface area contributed by atoms with Crippen LogP contribution in [0.2, 0.25) is 0 Å². The summed E-state index contributed by atoms with van der Waals surface area (Å²) in [6, 6.07) is 17.9. The van der Waals surface area contributed by atoms with E-state index in [0.29, 0.717) is 5.92 Å². The minimum atomic E-state index is 0.657. The molecule has 2 aromatic rings. The molecule has 0 amide bonds. The lowest BCUT2D eigenvalue weighted by atomic mass is 9.84. The summed E-state index contributed by atoms with van der Waals surface area (Å²) >= 11 is 0. The number of benzene rings is 2. The fourth-order valence-corrected chi connectivity index (χ4v) is 3.47. The highest BCUT2D eigenvalue weighted by molar-refractivity contribution is 5.42. The van der Waals surface area contributed by atoms with Crippen molar-refractivity contribution in [1.29, 1.82) is 0 Å². The van der Waals surface area contributed by atoms with Crippen LogP contribution in [0.4, 0.5) is 0 Å². The fourth-order valence-electron chi connectivity index (χ4n) is 3.47. The van der Waals surface area contributed by atoms with Gasteiger partial charge in [0.25, 0.3) is 0 Å². The molecule has 0 fully saturated rings. The Balaban J connectivity index is 1.61. The van der Waals surface area contributed by atoms with E-state index >= 15 is 0 Å². The summed E-state index contributed by atoms with van der Waals surface area (Å²) in [5, 5.41) is 0. The zero-order valence-corrected chi connectivity index (χ0v) is 15.5. The lowest BCUT2D eigenvalue weighted by molar-refractivity contribution is 0.607. The first-order chi connectivity index (χ1) is 12.3. The van der Waals surface area contributed by atoms with Crippen LogP contribution in [0.1, 0.15) is 67.7 Å². The van der Waals surface area contributed by atoms with Gasteiger partial charge < -0.3 is 0 Å². The number of allylic oxidation sites excluding steroid dienone is 2.